The van der Waals surface area contributed by atoms with E-state index in [1.807, 2.05) is 24.3 Å². The van der Waals surface area contributed by atoms with Crippen molar-refractivity contribution in [2.75, 3.05) is 7.11 Å². The third-order valence-corrected chi connectivity index (χ3v) is 3.66. The number of ether oxygens (including phenoxy) is 1. The third kappa shape index (κ3) is 3.09. The van der Waals surface area contributed by atoms with E-state index in [1.54, 1.807) is 7.11 Å². The summed E-state index contributed by atoms with van der Waals surface area (Å²) in [5.41, 5.74) is 0.730. The molecule has 0 atom stereocenters. The van der Waals surface area contributed by atoms with Gasteiger partial charge in [-0.15, -0.1) is 0 Å². The highest BCUT2D eigenvalue weighted by atomic mass is 16.5. The molecule has 0 radical (unpaired) electrons. The van der Waals surface area contributed by atoms with Crippen molar-refractivity contribution in [3.05, 3.63) is 29.8 Å². The Morgan fingerprint density at radius 3 is 2.71 bits per heavy atom. The number of benzene rings is 1. The predicted octanol–water partition coefficient (Wildman–Crippen LogP) is 3.85. The van der Waals surface area contributed by atoms with Gasteiger partial charge in [-0.3, -0.25) is 4.79 Å². The molecular weight excluding hydrogens is 212 g/mol. The second kappa shape index (κ2) is 5.85. The summed E-state index contributed by atoms with van der Waals surface area (Å²) in [6.07, 6.45) is 6.99. The molecule has 92 valence electrons. The quantitative estimate of drug-likeness (QED) is 0.721. The molecule has 1 aliphatic rings. The molecule has 1 aromatic carbocycles. The van der Waals surface area contributed by atoms with Crippen LogP contribution < -0.4 is 4.74 Å². The van der Waals surface area contributed by atoms with Crippen molar-refractivity contribution in [1.29, 1.82) is 0 Å². The number of hydrogen-bond donors (Lipinski definition) is 0. The number of carbonyl (C=O) groups excluding carboxylic acids is 1. The molecule has 2 heteroatoms. The predicted molar refractivity (Wildman–Crippen MR) is 68.5 cm³/mol. The zero-order valence-corrected chi connectivity index (χ0v) is 10.4. The summed E-state index contributed by atoms with van der Waals surface area (Å²) in [6, 6.07) is 7.50. The van der Waals surface area contributed by atoms with Crippen LogP contribution in [-0.2, 0) is 0 Å². The fourth-order valence-electron chi connectivity index (χ4n) is 2.64. The summed E-state index contributed by atoms with van der Waals surface area (Å²) in [7, 11) is 1.61. The van der Waals surface area contributed by atoms with Crippen LogP contribution in [0.1, 0.15) is 48.9 Å². The molecule has 17 heavy (non-hydrogen) atoms. The van der Waals surface area contributed by atoms with Gasteiger partial charge in [-0.2, -0.15) is 0 Å². The maximum Gasteiger partial charge on any atom is 0.166 e. The molecule has 0 aromatic heterocycles. The molecule has 2 rings (SSSR count). The van der Waals surface area contributed by atoms with E-state index in [2.05, 4.69) is 0 Å². The summed E-state index contributed by atoms with van der Waals surface area (Å²) >= 11 is 0. The van der Waals surface area contributed by atoms with Crippen molar-refractivity contribution in [2.45, 2.75) is 38.5 Å². The Labute approximate surface area is 103 Å². The largest absolute Gasteiger partial charge is 0.496 e. The van der Waals surface area contributed by atoms with Crippen LogP contribution in [0.5, 0.6) is 5.75 Å². The first kappa shape index (κ1) is 12.2. The number of ketones is 1. The molecule has 0 unspecified atom stereocenters. The van der Waals surface area contributed by atoms with Gasteiger partial charge in [-0.25, -0.2) is 0 Å². The molecule has 0 heterocycles. The van der Waals surface area contributed by atoms with E-state index in [1.165, 1.54) is 25.7 Å². The van der Waals surface area contributed by atoms with Crippen LogP contribution in [0, 0.1) is 5.92 Å². The van der Waals surface area contributed by atoms with Crippen LogP contribution in [0.2, 0.25) is 0 Å². The number of para-hydroxylation sites is 1. The van der Waals surface area contributed by atoms with Crippen LogP contribution in [0.4, 0.5) is 0 Å². The molecule has 1 fully saturated rings. The van der Waals surface area contributed by atoms with Crippen molar-refractivity contribution in [2.24, 2.45) is 5.92 Å². The smallest absolute Gasteiger partial charge is 0.166 e. The zero-order chi connectivity index (χ0) is 12.1. The van der Waals surface area contributed by atoms with Gasteiger partial charge in [-0.1, -0.05) is 37.8 Å². The van der Waals surface area contributed by atoms with Gasteiger partial charge in [0.05, 0.1) is 12.7 Å². The van der Waals surface area contributed by atoms with Crippen LogP contribution >= 0.6 is 0 Å². The first-order chi connectivity index (χ1) is 8.31. The minimum atomic E-state index is 0.217. The Balaban J connectivity index is 1.94. The standard InChI is InChI=1S/C15H20O2/c1-17-15-9-5-4-8-13(15)14(16)11-10-12-6-2-3-7-12/h4-5,8-9,12H,2-3,6-7,10-11H2,1H3. The second-order valence-electron chi connectivity index (χ2n) is 4.81. The Bertz CT molecular complexity index is 378. The molecule has 0 aliphatic heterocycles. The molecule has 1 saturated carbocycles. The van der Waals surface area contributed by atoms with E-state index < -0.39 is 0 Å². The minimum absolute atomic E-state index is 0.217. The maximum absolute atomic E-state index is 12.1. The van der Waals surface area contributed by atoms with Gasteiger partial charge in [0, 0.05) is 6.42 Å². The van der Waals surface area contributed by atoms with Crippen molar-refractivity contribution < 1.29 is 9.53 Å². The highest BCUT2D eigenvalue weighted by molar-refractivity contribution is 5.98. The SMILES string of the molecule is COc1ccccc1C(=O)CCC1CCCC1. The Hall–Kier alpha value is -1.31. The monoisotopic (exact) mass is 232 g/mol. The van der Waals surface area contributed by atoms with Gasteiger partial charge < -0.3 is 4.74 Å². The van der Waals surface area contributed by atoms with E-state index >= 15 is 0 Å². The topological polar surface area (TPSA) is 26.3 Å². The van der Waals surface area contributed by atoms with E-state index in [-0.39, 0.29) is 5.78 Å². The minimum Gasteiger partial charge on any atom is -0.496 e. The number of hydrogen-bond acceptors (Lipinski definition) is 2. The van der Waals surface area contributed by atoms with Crippen molar-refractivity contribution in [1.82, 2.24) is 0 Å². The lowest BCUT2D eigenvalue weighted by Crippen LogP contribution is -2.04. The van der Waals surface area contributed by atoms with Crippen LogP contribution in [0.15, 0.2) is 24.3 Å². The third-order valence-electron chi connectivity index (χ3n) is 3.66. The molecule has 1 aliphatic carbocycles. The van der Waals surface area contributed by atoms with Gasteiger partial charge in [0.1, 0.15) is 5.75 Å². The molecule has 0 saturated heterocycles. The highest BCUT2D eigenvalue weighted by Gasteiger charge is 2.18. The van der Waals surface area contributed by atoms with Crippen LogP contribution in [0.3, 0.4) is 0 Å². The average molecular weight is 232 g/mol. The molecule has 0 spiro atoms. The summed E-state index contributed by atoms with van der Waals surface area (Å²) in [4.78, 5) is 12.1. The molecule has 0 N–H and O–H groups in total. The average Bonchev–Trinajstić information content (AvgIpc) is 2.89. The van der Waals surface area contributed by atoms with E-state index in [9.17, 15) is 4.79 Å². The zero-order valence-electron chi connectivity index (χ0n) is 10.4. The lowest BCUT2D eigenvalue weighted by molar-refractivity contribution is 0.0971. The number of carbonyl (C=O) groups is 1. The van der Waals surface area contributed by atoms with Gasteiger partial charge >= 0.3 is 0 Å². The highest BCUT2D eigenvalue weighted by Crippen LogP contribution is 2.29. The second-order valence-corrected chi connectivity index (χ2v) is 4.81. The molecule has 0 amide bonds. The van der Waals surface area contributed by atoms with E-state index in [0.717, 1.165) is 17.9 Å². The van der Waals surface area contributed by atoms with E-state index in [0.29, 0.717) is 12.2 Å². The summed E-state index contributed by atoms with van der Waals surface area (Å²) in [6.45, 7) is 0. The molecule has 2 nitrogen and oxygen atoms in total. The number of methoxy groups -OCH3 is 1. The molecule has 0 bridgehead atoms. The number of rotatable bonds is 5. The van der Waals surface area contributed by atoms with Gasteiger partial charge in [-0.05, 0) is 24.5 Å². The van der Waals surface area contributed by atoms with Crippen molar-refractivity contribution >= 4 is 5.78 Å². The fraction of sp³-hybridized carbons (Fsp3) is 0.533. The summed E-state index contributed by atoms with van der Waals surface area (Å²) in [5, 5.41) is 0. The fourth-order valence-corrected chi connectivity index (χ4v) is 2.64. The lowest BCUT2D eigenvalue weighted by Gasteiger charge is -2.10. The van der Waals surface area contributed by atoms with Crippen LogP contribution in [-0.4, -0.2) is 12.9 Å². The van der Waals surface area contributed by atoms with Gasteiger partial charge in [0.25, 0.3) is 0 Å². The van der Waals surface area contributed by atoms with E-state index in [4.69, 9.17) is 4.74 Å². The molecule has 1 aromatic rings. The van der Waals surface area contributed by atoms with Crippen molar-refractivity contribution in [3.8, 4) is 5.75 Å². The van der Waals surface area contributed by atoms with Crippen LogP contribution in [0.25, 0.3) is 0 Å². The van der Waals surface area contributed by atoms with Crippen molar-refractivity contribution in [3.63, 3.8) is 0 Å². The normalized spacial score (nSPS) is 16.1. The Morgan fingerprint density at radius 2 is 2.00 bits per heavy atom. The van der Waals surface area contributed by atoms with Gasteiger partial charge in [0.15, 0.2) is 5.78 Å². The first-order valence-corrected chi connectivity index (χ1v) is 6.47. The Kier molecular flexibility index (Phi) is 4.18. The summed E-state index contributed by atoms with van der Waals surface area (Å²) < 4.78 is 5.22. The maximum atomic E-state index is 12.1. The van der Waals surface area contributed by atoms with Gasteiger partial charge in [0.2, 0.25) is 0 Å². The Morgan fingerprint density at radius 1 is 1.29 bits per heavy atom. The first-order valence-electron chi connectivity index (χ1n) is 6.47. The number of Topliss-reactive ketones (excluding diaryl/α,β-unsaturated/α-hetero) is 1. The molecular formula is C15H20O2. The lowest BCUT2D eigenvalue weighted by atomic mass is 9.97. The summed E-state index contributed by atoms with van der Waals surface area (Å²) in [5.74, 6) is 1.69.